The van der Waals surface area contributed by atoms with Crippen LogP contribution in [-0.4, -0.2) is 23.0 Å². The third kappa shape index (κ3) is 3.85. The van der Waals surface area contributed by atoms with E-state index >= 15 is 0 Å². The highest BCUT2D eigenvalue weighted by Crippen LogP contribution is 2.29. The molecule has 3 N–H and O–H groups in total. The fraction of sp³-hybridized carbons (Fsp3) is 0.176. The number of hydrogen-bond donors (Lipinski definition) is 2. The van der Waals surface area contributed by atoms with Gasteiger partial charge in [-0.2, -0.15) is 0 Å². The van der Waals surface area contributed by atoms with Crippen molar-refractivity contribution in [1.29, 1.82) is 0 Å². The van der Waals surface area contributed by atoms with Gasteiger partial charge in [-0.25, -0.2) is 4.79 Å². The molecule has 0 radical (unpaired) electrons. The maximum atomic E-state index is 11.7. The van der Waals surface area contributed by atoms with Crippen molar-refractivity contribution >= 4 is 23.3 Å². The van der Waals surface area contributed by atoms with Crippen LogP contribution < -0.4 is 10.6 Å². The molecular formula is C17H18N2O3. The van der Waals surface area contributed by atoms with Gasteiger partial charge < -0.3 is 15.7 Å². The molecule has 0 aliphatic rings. The maximum Gasteiger partial charge on any atom is 0.326 e. The van der Waals surface area contributed by atoms with Gasteiger partial charge in [-0.15, -0.1) is 0 Å². The Morgan fingerprint density at radius 1 is 0.955 bits per heavy atom. The van der Waals surface area contributed by atoms with E-state index in [1.54, 1.807) is 4.90 Å². The van der Waals surface area contributed by atoms with Crippen molar-refractivity contribution in [2.45, 2.75) is 18.9 Å². The number of amides is 1. The smallest absolute Gasteiger partial charge is 0.326 e. The molecule has 0 aromatic heterocycles. The first kappa shape index (κ1) is 15.6. The minimum Gasteiger partial charge on any atom is -0.480 e. The molecular weight excluding hydrogens is 280 g/mol. The summed E-state index contributed by atoms with van der Waals surface area (Å²) >= 11 is 0. The molecule has 5 nitrogen and oxygen atoms in total. The molecule has 0 aliphatic heterocycles. The van der Waals surface area contributed by atoms with Gasteiger partial charge in [-0.05, 0) is 30.7 Å². The normalized spacial score (nSPS) is 11.6. The Morgan fingerprint density at radius 3 is 1.77 bits per heavy atom. The minimum atomic E-state index is -0.992. The summed E-state index contributed by atoms with van der Waals surface area (Å²) in [5.74, 6) is -1.50. The van der Waals surface area contributed by atoms with Crippen molar-refractivity contribution in [2.75, 3.05) is 4.90 Å². The molecule has 0 heterocycles. The molecule has 0 unspecified atom stereocenters. The first-order valence-corrected chi connectivity index (χ1v) is 7.00. The van der Waals surface area contributed by atoms with Crippen molar-refractivity contribution in [2.24, 2.45) is 5.73 Å². The van der Waals surface area contributed by atoms with Crippen LogP contribution in [0.5, 0.6) is 0 Å². The van der Waals surface area contributed by atoms with Crippen molar-refractivity contribution < 1.29 is 14.7 Å². The summed E-state index contributed by atoms with van der Waals surface area (Å²) < 4.78 is 0. The fourth-order valence-electron chi connectivity index (χ4n) is 2.33. The van der Waals surface area contributed by atoms with Crippen LogP contribution in [-0.2, 0) is 9.59 Å². The lowest BCUT2D eigenvalue weighted by molar-refractivity contribution is -0.138. The molecule has 0 bridgehead atoms. The Kier molecular flexibility index (Phi) is 5.14. The number of para-hydroxylation sites is 2. The lowest BCUT2D eigenvalue weighted by atomic mass is 10.1. The molecule has 0 saturated carbocycles. The van der Waals surface area contributed by atoms with Gasteiger partial charge in [0, 0.05) is 17.8 Å². The predicted molar refractivity (Wildman–Crippen MR) is 84.9 cm³/mol. The van der Waals surface area contributed by atoms with E-state index in [-0.39, 0.29) is 12.8 Å². The molecule has 0 aliphatic carbocycles. The predicted octanol–water partition coefficient (Wildman–Crippen LogP) is 2.54. The number of carbonyl (C=O) groups is 2. The summed E-state index contributed by atoms with van der Waals surface area (Å²) in [6, 6.07) is 17.6. The number of carboxylic acid groups (broad SMARTS) is 1. The lowest BCUT2D eigenvalue weighted by Crippen LogP contribution is -2.39. The Morgan fingerprint density at radius 2 is 1.41 bits per heavy atom. The van der Waals surface area contributed by atoms with Crippen LogP contribution in [0, 0.1) is 0 Å². The van der Waals surface area contributed by atoms with Gasteiger partial charge in [-0.3, -0.25) is 4.79 Å². The Bertz CT molecular complexity index is 589. The number of carbonyl (C=O) groups excluding carboxylic acids is 1. The molecule has 1 atom stereocenters. The standard InChI is InChI=1S/C17H18N2O3/c18-16(20)12-11-15(17(21)22)19(13-7-3-1-4-8-13)14-9-5-2-6-10-14/h1-10,15H,11-12H2,(H2,18,20)(H,21,22)/t15-/m0/s1. The summed E-state index contributed by atoms with van der Waals surface area (Å²) in [5.41, 5.74) is 6.68. The number of anilines is 2. The maximum absolute atomic E-state index is 11.7. The van der Waals surface area contributed by atoms with Gasteiger partial charge in [0.25, 0.3) is 0 Å². The van der Waals surface area contributed by atoms with Crippen LogP contribution in [0.4, 0.5) is 11.4 Å². The molecule has 2 aromatic carbocycles. The highest BCUT2D eigenvalue weighted by molar-refractivity contribution is 5.83. The molecule has 5 heteroatoms. The largest absolute Gasteiger partial charge is 0.480 e. The highest BCUT2D eigenvalue weighted by Gasteiger charge is 2.27. The number of hydrogen-bond acceptors (Lipinski definition) is 3. The van der Waals surface area contributed by atoms with Crippen LogP contribution in [0.25, 0.3) is 0 Å². The van der Waals surface area contributed by atoms with Crippen molar-refractivity contribution in [1.82, 2.24) is 0 Å². The van der Waals surface area contributed by atoms with Crippen LogP contribution in [0.1, 0.15) is 12.8 Å². The molecule has 2 aromatic rings. The van der Waals surface area contributed by atoms with Gasteiger partial charge in [0.05, 0.1) is 0 Å². The Hall–Kier alpha value is -2.82. The van der Waals surface area contributed by atoms with Crippen molar-refractivity contribution in [3.8, 4) is 0 Å². The van der Waals surface area contributed by atoms with E-state index < -0.39 is 17.9 Å². The summed E-state index contributed by atoms with van der Waals surface area (Å²) in [7, 11) is 0. The molecule has 1 amide bonds. The van der Waals surface area contributed by atoms with E-state index in [4.69, 9.17) is 5.73 Å². The number of benzene rings is 2. The number of nitrogens with zero attached hydrogens (tertiary/aromatic N) is 1. The quantitative estimate of drug-likeness (QED) is 0.822. The van der Waals surface area contributed by atoms with E-state index in [1.807, 2.05) is 60.7 Å². The number of primary amides is 1. The van der Waals surface area contributed by atoms with Crippen LogP contribution in [0.15, 0.2) is 60.7 Å². The molecule has 0 saturated heterocycles. The van der Waals surface area contributed by atoms with Gasteiger partial charge >= 0.3 is 5.97 Å². The highest BCUT2D eigenvalue weighted by atomic mass is 16.4. The minimum absolute atomic E-state index is 0.0210. The monoisotopic (exact) mass is 298 g/mol. The van der Waals surface area contributed by atoms with E-state index in [0.717, 1.165) is 11.4 Å². The van der Waals surface area contributed by atoms with Gasteiger partial charge in [-0.1, -0.05) is 36.4 Å². The topological polar surface area (TPSA) is 83.6 Å². The summed E-state index contributed by atoms with van der Waals surface area (Å²) in [6.45, 7) is 0. The second-order valence-electron chi connectivity index (χ2n) is 4.90. The summed E-state index contributed by atoms with van der Waals surface area (Å²) in [4.78, 5) is 24.5. The zero-order valence-corrected chi connectivity index (χ0v) is 12.1. The third-order valence-corrected chi connectivity index (χ3v) is 3.33. The molecule has 2 rings (SSSR count). The average molecular weight is 298 g/mol. The van der Waals surface area contributed by atoms with E-state index in [0.29, 0.717) is 0 Å². The third-order valence-electron chi connectivity index (χ3n) is 3.33. The van der Waals surface area contributed by atoms with Crippen molar-refractivity contribution in [3.05, 3.63) is 60.7 Å². The SMILES string of the molecule is NC(=O)CC[C@@H](C(=O)O)N(c1ccccc1)c1ccccc1. The van der Waals surface area contributed by atoms with Crippen molar-refractivity contribution in [3.63, 3.8) is 0 Å². The Labute approximate surface area is 129 Å². The first-order chi connectivity index (χ1) is 10.6. The van der Waals surface area contributed by atoms with E-state index in [1.165, 1.54) is 0 Å². The zero-order valence-electron chi connectivity index (χ0n) is 12.1. The second kappa shape index (κ2) is 7.26. The molecule has 22 heavy (non-hydrogen) atoms. The number of aliphatic carboxylic acids is 1. The van der Waals surface area contributed by atoms with Gasteiger partial charge in [0.2, 0.25) is 5.91 Å². The Balaban J connectivity index is 2.42. The molecule has 114 valence electrons. The number of carboxylic acids is 1. The number of rotatable bonds is 7. The fourth-order valence-corrected chi connectivity index (χ4v) is 2.33. The number of nitrogens with two attached hydrogens (primary N) is 1. The zero-order chi connectivity index (χ0) is 15.9. The van der Waals surface area contributed by atoms with E-state index in [9.17, 15) is 14.7 Å². The first-order valence-electron chi connectivity index (χ1n) is 7.00. The second-order valence-corrected chi connectivity index (χ2v) is 4.90. The summed E-state index contributed by atoms with van der Waals surface area (Å²) in [5, 5.41) is 9.59. The van der Waals surface area contributed by atoms with Gasteiger partial charge in [0.15, 0.2) is 0 Å². The average Bonchev–Trinajstić information content (AvgIpc) is 2.52. The van der Waals surface area contributed by atoms with E-state index in [2.05, 4.69) is 0 Å². The van der Waals surface area contributed by atoms with Crippen LogP contribution in [0.2, 0.25) is 0 Å². The van der Waals surface area contributed by atoms with Gasteiger partial charge in [0.1, 0.15) is 6.04 Å². The van der Waals surface area contributed by atoms with Crippen LogP contribution in [0.3, 0.4) is 0 Å². The van der Waals surface area contributed by atoms with Crippen LogP contribution >= 0.6 is 0 Å². The molecule has 0 fully saturated rings. The molecule has 0 spiro atoms. The lowest BCUT2D eigenvalue weighted by Gasteiger charge is -2.31. The summed E-state index contributed by atoms with van der Waals surface area (Å²) in [6.07, 6.45) is 0.168.